The van der Waals surface area contributed by atoms with Crippen molar-refractivity contribution in [2.45, 2.75) is 46.0 Å². The van der Waals surface area contributed by atoms with Crippen molar-refractivity contribution in [2.75, 3.05) is 6.61 Å². The summed E-state index contributed by atoms with van der Waals surface area (Å²) in [5, 5.41) is 0. The van der Waals surface area contributed by atoms with Crippen LogP contribution in [-0.4, -0.2) is 54.6 Å². The third-order valence-electron chi connectivity index (χ3n) is 3.05. The van der Waals surface area contributed by atoms with Crippen LogP contribution in [0.1, 0.15) is 38.2 Å². The van der Waals surface area contributed by atoms with Crippen LogP contribution in [0.2, 0.25) is 0 Å². The zero-order valence-corrected chi connectivity index (χ0v) is 15.3. The maximum absolute atomic E-state index is 12.7. The minimum absolute atomic E-state index is 0.174. The van der Waals surface area contributed by atoms with Crippen molar-refractivity contribution in [3.05, 3.63) is 24.2 Å². The molecule has 0 amide bonds. The Balaban J connectivity index is 3.29. The molecule has 0 bridgehead atoms. The molecule has 0 N–H and O–H groups in total. The van der Waals surface area contributed by atoms with E-state index in [0.717, 1.165) is 27.7 Å². The zero-order chi connectivity index (χ0) is 20.6. The highest BCUT2D eigenvalue weighted by Crippen LogP contribution is 2.19. The molecule has 0 aliphatic heterocycles. The third kappa shape index (κ3) is 7.30. The van der Waals surface area contributed by atoms with Crippen molar-refractivity contribution < 1.29 is 47.3 Å². The monoisotopic (exact) mass is 384 g/mol. The molecule has 1 rings (SSSR count). The van der Waals surface area contributed by atoms with Gasteiger partial charge >= 0.3 is 23.9 Å². The fourth-order valence-electron chi connectivity index (χ4n) is 2.14. The topological polar surface area (TPSA) is 135 Å². The minimum Gasteiger partial charge on any atom is -0.462 e. The summed E-state index contributed by atoms with van der Waals surface area (Å²) in [4.78, 5) is 58.2. The van der Waals surface area contributed by atoms with E-state index in [0.29, 0.717) is 0 Å². The van der Waals surface area contributed by atoms with E-state index in [1.807, 2.05) is 0 Å². The van der Waals surface area contributed by atoms with Gasteiger partial charge in [-0.25, -0.2) is 0 Å². The number of ketones is 1. The minimum atomic E-state index is -1.70. The van der Waals surface area contributed by atoms with Crippen molar-refractivity contribution >= 4 is 29.7 Å². The SMILES string of the molecule is CC(=O)OCC(OC(C)=O)C(OC(C)=O)C(OC(C)=O)C(=O)c1ccco1. The standard InChI is InChI=1S/C17H20O10/c1-9(18)24-8-14(25-10(2)19)16(26-11(3)20)17(27-12(4)21)15(22)13-6-5-7-23-13/h5-7,14,16-17H,8H2,1-4H3. The maximum atomic E-state index is 12.7. The Kier molecular flexibility index (Phi) is 8.18. The van der Waals surface area contributed by atoms with Gasteiger partial charge in [0.1, 0.15) is 6.61 Å². The summed E-state index contributed by atoms with van der Waals surface area (Å²) in [6, 6.07) is 2.75. The quantitative estimate of drug-likeness (QED) is 0.342. The number of ether oxygens (including phenoxy) is 4. The maximum Gasteiger partial charge on any atom is 0.303 e. The van der Waals surface area contributed by atoms with Crippen LogP contribution in [0.4, 0.5) is 0 Å². The summed E-state index contributed by atoms with van der Waals surface area (Å²) in [5.41, 5.74) is 0. The van der Waals surface area contributed by atoms with Gasteiger partial charge in [-0.2, -0.15) is 0 Å². The largest absolute Gasteiger partial charge is 0.462 e. The van der Waals surface area contributed by atoms with Crippen LogP contribution >= 0.6 is 0 Å². The van der Waals surface area contributed by atoms with Gasteiger partial charge in [0.05, 0.1) is 6.26 Å². The van der Waals surface area contributed by atoms with Crippen LogP contribution in [0.3, 0.4) is 0 Å². The molecule has 0 aliphatic carbocycles. The molecule has 3 unspecified atom stereocenters. The molecule has 0 fully saturated rings. The molecular weight excluding hydrogens is 364 g/mol. The Hall–Kier alpha value is -3.17. The van der Waals surface area contributed by atoms with Crippen molar-refractivity contribution in [2.24, 2.45) is 0 Å². The van der Waals surface area contributed by atoms with Gasteiger partial charge in [-0.1, -0.05) is 0 Å². The first-order chi connectivity index (χ1) is 12.6. The highest BCUT2D eigenvalue weighted by molar-refractivity contribution is 5.98. The van der Waals surface area contributed by atoms with Crippen molar-refractivity contribution in [1.29, 1.82) is 0 Å². The summed E-state index contributed by atoms with van der Waals surface area (Å²) in [6.45, 7) is 3.74. The second kappa shape index (κ2) is 10.1. The molecule has 0 aliphatic rings. The summed E-state index contributed by atoms with van der Waals surface area (Å²) in [7, 11) is 0. The van der Waals surface area contributed by atoms with Crippen LogP contribution in [0.5, 0.6) is 0 Å². The van der Waals surface area contributed by atoms with Crippen LogP contribution in [0, 0.1) is 0 Å². The number of furan rings is 1. The van der Waals surface area contributed by atoms with E-state index in [-0.39, 0.29) is 5.76 Å². The lowest BCUT2D eigenvalue weighted by atomic mass is 10.0. The molecule has 1 aromatic rings. The van der Waals surface area contributed by atoms with Crippen molar-refractivity contribution in [3.8, 4) is 0 Å². The summed E-state index contributed by atoms with van der Waals surface area (Å²) < 4.78 is 24.9. The molecule has 1 aromatic heterocycles. The second-order valence-corrected chi connectivity index (χ2v) is 5.40. The first-order valence-corrected chi connectivity index (χ1v) is 7.84. The molecule has 148 valence electrons. The number of Topliss-reactive ketones (excluding diaryl/α,β-unsaturated/α-hetero) is 1. The molecule has 0 saturated heterocycles. The van der Waals surface area contributed by atoms with Crippen LogP contribution in [0.25, 0.3) is 0 Å². The van der Waals surface area contributed by atoms with Gasteiger partial charge in [0.2, 0.25) is 11.9 Å². The van der Waals surface area contributed by atoms with E-state index >= 15 is 0 Å². The van der Waals surface area contributed by atoms with E-state index in [9.17, 15) is 24.0 Å². The highest BCUT2D eigenvalue weighted by atomic mass is 16.6. The summed E-state index contributed by atoms with van der Waals surface area (Å²) in [5.74, 6) is -4.20. The molecule has 0 spiro atoms. The van der Waals surface area contributed by atoms with Crippen molar-refractivity contribution in [1.82, 2.24) is 0 Å². The predicted octanol–water partition coefficient (Wildman–Crippen LogP) is 0.820. The fraction of sp³-hybridized carbons (Fsp3) is 0.471. The molecule has 27 heavy (non-hydrogen) atoms. The van der Waals surface area contributed by atoms with Crippen molar-refractivity contribution in [3.63, 3.8) is 0 Å². The van der Waals surface area contributed by atoms with E-state index in [2.05, 4.69) is 0 Å². The Morgan fingerprint density at radius 3 is 1.93 bits per heavy atom. The van der Waals surface area contributed by atoms with Gasteiger partial charge in [0.25, 0.3) is 0 Å². The Morgan fingerprint density at radius 2 is 1.48 bits per heavy atom. The lowest BCUT2D eigenvalue weighted by molar-refractivity contribution is -0.185. The van der Waals surface area contributed by atoms with E-state index in [1.165, 1.54) is 18.4 Å². The first-order valence-electron chi connectivity index (χ1n) is 7.84. The number of hydrogen-bond acceptors (Lipinski definition) is 10. The van der Waals surface area contributed by atoms with Crippen LogP contribution < -0.4 is 0 Å². The van der Waals surface area contributed by atoms with Gasteiger partial charge < -0.3 is 23.4 Å². The number of carbonyl (C=O) groups excluding carboxylic acids is 5. The molecule has 3 atom stereocenters. The third-order valence-corrected chi connectivity index (χ3v) is 3.05. The van der Waals surface area contributed by atoms with Gasteiger partial charge in [0, 0.05) is 27.7 Å². The molecule has 10 heteroatoms. The van der Waals surface area contributed by atoms with Crippen LogP contribution in [-0.2, 0) is 38.1 Å². The first kappa shape index (κ1) is 21.9. The van der Waals surface area contributed by atoms with Gasteiger partial charge in [-0.3, -0.25) is 24.0 Å². The van der Waals surface area contributed by atoms with E-state index in [4.69, 9.17) is 23.4 Å². The Labute approximate surface area is 154 Å². The summed E-state index contributed by atoms with van der Waals surface area (Å²) >= 11 is 0. The molecule has 0 saturated carbocycles. The average Bonchev–Trinajstić information content (AvgIpc) is 3.07. The Bertz CT molecular complexity index is 691. The van der Waals surface area contributed by atoms with E-state index < -0.39 is 54.6 Å². The molecule has 10 nitrogen and oxygen atoms in total. The number of esters is 4. The Morgan fingerprint density at radius 1 is 0.889 bits per heavy atom. The molecule has 1 heterocycles. The fourth-order valence-corrected chi connectivity index (χ4v) is 2.14. The van der Waals surface area contributed by atoms with E-state index in [1.54, 1.807) is 0 Å². The molecule has 0 radical (unpaired) electrons. The molecule has 0 aromatic carbocycles. The number of carbonyl (C=O) groups is 5. The number of hydrogen-bond donors (Lipinski definition) is 0. The van der Waals surface area contributed by atoms with Crippen LogP contribution in [0.15, 0.2) is 22.8 Å². The molecular formula is C17H20O10. The van der Waals surface area contributed by atoms with Gasteiger partial charge in [-0.15, -0.1) is 0 Å². The summed E-state index contributed by atoms with van der Waals surface area (Å²) in [6.07, 6.45) is -3.45. The highest BCUT2D eigenvalue weighted by Gasteiger charge is 2.43. The average molecular weight is 384 g/mol. The second-order valence-electron chi connectivity index (χ2n) is 5.40. The van der Waals surface area contributed by atoms with Gasteiger partial charge in [-0.05, 0) is 12.1 Å². The normalized spacial score (nSPS) is 13.6. The zero-order valence-electron chi connectivity index (χ0n) is 15.3. The lowest BCUT2D eigenvalue weighted by Crippen LogP contribution is -2.50. The smallest absolute Gasteiger partial charge is 0.303 e. The predicted molar refractivity (Wildman–Crippen MR) is 86.3 cm³/mol. The lowest BCUT2D eigenvalue weighted by Gasteiger charge is -2.30. The number of rotatable bonds is 9. The van der Waals surface area contributed by atoms with Gasteiger partial charge in [0.15, 0.2) is 18.0 Å².